The van der Waals surface area contributed by atoms with Gasteiger partial charge in [0.1, 0.15) is 5.76 Å². The lowest BCUT2D eigenvalue weighted by Gasteiger charge is -2.25. The summed E-state index contributed by atoms with van der Waals surface area (Å²) in [5.74, 6) is 1.59. The van der Waals surface area contributed by atoms with E-state index in [9.17, 15) is 0 Å². The van der Waals surface area contributed by atoms with E-state index in [1.54, 1.807) is 13.4 Å². The molecule has 1 rings (SSSR count). The van der Waals surface area contributed by atoms with Gasteiger partial charge in [0.15, 0.2) is 0 Å². The summed E-state index contributed by atoms with van der Waals surface area (Å²) < 4.78 is 10.6. The van der Waals surface area contributed by atoms with Gasteiger partial charge in [-0.2, -0.15) is 0 Å². The first kappa shape index (κ1) is 13.3. The van der Waals surface area contributed by atoms with Gasteiger partial charge in [0.2, 0.25) is 0 Å². The molecule has 0 aliphatic carbocycles. The largest absolute Gasteiger partial charge is 0.468 e. The van der Waals surface area contributed by atoms with Crippen LogP contribution in [-0.4, -0.2) is 19.8 Å². The molecular weight excluding hydrogens is 202 g/mol. The van der Waals surface area contributed by atoms with Crippen molar-refractivity contribution in [3.63, 3.8) is 0 Å². The van der Waals surface area contributed by atoms with Crippen molar-refractivity contribution in [3.8, 4) is 0 Å². The normalized spacial score (nSPS) is 17.0. The van der Waals surface area contributed by atoms with Crippen LogP contribution in [0.3, 0.4) is 0 Å². The molecule has 3 atom stereocenters. The molecular formula is C13H23NO2. The Balaban J connectivity index is 2.58. The highest BCUT2D eigenvalue weighted by Gasteiger charge is 2.19. The standard InChI is InChI=1S/C13H23NO2/c1-5-10(2)11(3)14-12(9-15-4)13-7-6-8-16-13/h6-8,10-12,14H,5,9H2,1-4H3. The monoisotopic (exact) mass is 225 g/mol. The van der Waals surface area contributed by atoms with E-state index in [2.05, 4.69) is 26.1 Å². The van der Waals surface area contributed by atoms with Crippen LogP contribution in [-0.2, 0) is 4.74 Å². The molecule has 0 radical (unpaired) electrons. The third kappa shape index (κ3) is 3.65. The average Bonchev–Trinajstić information content (AvgIpc) is 2.80. The molecule has 0 amide bonds. The molecule has 1 aromatic rings. The lowest BCUT2D eigenvalue weighted by Crippen LogP contribution is -2.36. The molecule has 0 aliphatic heterocycles. The fourth-order valence-electron chi connectivity index (χ4n) is 1.70. The highest BCUT2D eigenvalue weighted by Crippen LogP contribution is 2.17. The molecule has 0 aromatic carbocycles. The summed E-state index contributed by atoms with van der Waals surface area (Å²) in [5.41, 5.74) is 0. The van der Waals surface area contributed by atoms with Crippen LogP contribution in [0.15, 0.2) is 22.8 Å². The van der Waals surface area contributed by atoms with Crippen molar-refractivity contribution in [1.82, 2.24) is 5.32 Å². The molecule has 0 bridgehead atoms. The molecule has 0 saturated heterocycles. The predicted molar refractivity (Wildman–Crippen MR) is 65.4 cm³/mol. The molecule has 92 valence electrons. The SMILES string of the molecule is CCC(C)C(C)NC(COC)c1ccco1. The Morgan fingerprint density at radius 2 is 2.19 bits per heavy atom. The molecule has 3 heteroatoms. The van der Waals surface area contributed by atoms with E-state index in [-0.39, 0.29) is 6.04 Å². The quantitative estimate of drug-likeness (QED) is 0.774. The van der Waals surface area contributed by atoms with Crippen LogP contribution in [0.4, 0.5) is 0 Å². The summed E-state index contributed by atoms with van der Waals surface area (Å²) in [4.78, 5) is 0. The Morgan fingerprint density at radius 1 is 1.44 bits per heavy atom. The second-order valence-corrected chi connectivity index (χ2v) is 4.36. The van der Waals surface area contributed by atoms with Crippen LogP contribution in [0.2, 0.25) is 0 Å². The van der Waals surface area contributed by atoms with Crippen molar-refractivity contribution in [2.45, 2.75) is 39.3 Å². The number of methoxy groups -OCH3 is 1. The average molecular weight is 225 g/mol. The van der Waals surface area contributed by atoms with Crippen LogP contribution in [0.5, 0.6) is 0 Å². The second-order valence-electron chi connectivity index (χ2n) is 4.36. The van der Waals surface area contributed by atoms with E-state index in [0.717, 1.165) is 5.76 Å². The first-order chi connectivity index (χ1) is 7.69. The van der Waals surface area contributed by atoms with Crippen molar-refractivity contribution >= 4 is 0 Å². The zero-order valence-electron chi connectivity index (χ0n) is 10.7. The minimum atomic E-state index is 0.143. The molecule has 16 heavy (non-hydrogen) atoms. The summed E-state index contributed by atoms with van der Waals surface area (Å²) in [6.45, 7) is 7.30. The van der Waals surface area contributed by atoms with Gasteiger partial charge < -0.3 is 14.5 Å². The van der Waals surface area contributed by atoms with E-state index in [1.807, 2.05) is 12.1 Å². The predicted octanol–water partition coefficient (Wildman–Crippen LogP) is 2.99. The van der Waals surface area contributed by atoms with Crippen LogP contribution in [0.25, 0.3) is 0 Å². The van der Waals surface area contributed by atoms with Crippen molar-refractivity contribution in [2.24, 2.45) is 5.92 Å². The van der Waals surface area contributed by atoms with E-state index < -0.39 is 0 Å². The number of ether oxygens (including phenoxy) is 1. The van der Waals surface area contributed by atoms with E-state index in [4.69, 9.17) is 9.15 Å². The smallest absolute Gasteiger partial charge is 0.123 e. The number of hydrogen-bond donors (Lipinski definition) is 1. The molecule has 0 spiro atoms. The van der Waals surface area contributed by atoms with Crippen LogP contribution in [0, 0.1) is 5.92 Å². The second kappa shape index (κ2) is 6.71. The van der Waals surface area contributed by atoms with Crippen LogP contribution < -0.4 is 5.32 Å². The van der Waals surface area contributed by atoms with E-state index in [0.29, 0.717) is 18.6 Å². The Hall–Kier alpha value is -0.800. The molecule has 1 aromatic heterocycles. The topological polar surface area (TPSA) is 34.4 Å². The first-order valence-electron chi connectivity index (χ1n) is 5.97. The van der Waals surface area contributed by atoms with Gasteiger partial charge in [-0.1, -0.05) is 20.3 Å². The molecule has 0 aliphatic rings. The molecule has 1 N–H and O–H groups in total. The van der Waals surface area contributed by atoms with Gasteiger partial charge in [-0.3, -0.25) is 0 Å². The third-order valence-electron chi connectivity index (χ3n) is 3.18. The molecule has 0 fully saturated rings. The maximum atomic E-state index is 5.42. The van der Waals surface area contributed by atoms with Crippen molar-refractivity contribution in [1.29, 1.82) is 0 Å². The minimum absolute atomic E-state index is 0.143. The maximum absolute atomic E-state index is 5.42. The van der Waals surface area contributed by atoms with Gasteiger partial charge in [-0.25, -0.2) is 0 Å². The summed E-state index contributed by atoms with van der Waals surface area (Å²) >= 11 is 0. The third-order valence-corrected chi connectivity index (χ3v) is 3.18. The van der Waals surface area contributed by atoms with Gasteiger partial charge in [-0.05, 0) is 25.0 Å². The zero-order valence-corrected chi connectivity index (χ0v) is 10.7. The highest BCUT2D eigenvalue weighted by molar-refractivity contribution is 5.04. The number of nitrogens with one attached hydrogen (secondary N) is 1. The Kier molecular flexibility index (Phi) is 5.56. The minimum Gasteiger partial charge on any atom is -0.468 e. The van der Waals surface area contributed by atoms with E-state index in [1.165, 1.54) is 6.42 Å². The van der Waals surface area contributed by atoms with Gasteiger partial charge in [0.25, 0.3) is 0 Å². The van der Waals surface area contributed by atoms with Crippen molar-refractivity contribution in [3.05, 3.63) is 24.2 Å². The highest BCUT2D eigenvalue weighted by atomic mass is 16.5. The molecule has 3 nitrogen and oxygen atoms in total. The fraction of sp³-hybridized carbons (Fsp3) is 0.692. The number of rotatable bonds is 7. The maximum Gasteiger partial charge on any atom is 0.123 e. The Bertz CT molecular complexity index is 271. The molecule has 0 saturated carbocycles. The van der Waals surface area contributed by atoms with E-state index >= 15 is 0 Å². The number of hydrogen-bond acceptors (Lipinski definition) is 3. The van der Waals surface area contributed by atoms with Crippen LogP contribution >= 0.6 is 0 Å². The van der Waals surface area contributed by atoms with Gasteiger partial charge in [-0.15, -0.1) is 0 Å². The van der Waals surface area contributed by atoms with Crippen LogP contribution in [0.1, 0.15) is 39.0 Å². The Morgan fingerprint density at radius 3 is 2.69 bits per heavy atom. The lowest BCUT2D eigenvalue weighted by molar-refractivity contribution is 0.146. The van der Waals surface area contributed by atoms with Gasteiger partial charge in [0.05, 0.1) is 18.9 Å². The number of furan rings is 1. The first-order valence-corrected chi connectivity index (χ1v) is 5.97. The van der Waals surface area contributed by atoms with Gasteiger partial charge in [0, 0.05) is 13.2 Å². The zero-order chi connectivity index (χ0) is 12.0. The summed E-state index contributed by atoms with van der Waals surface area (Å²) in [6, 6.07) is 4.49. The molecule has 3 unspecified atom stereocenters. The Labute approximate surface area is 98.2 Å². The van der Waals surface area contributed by atoms with Gasteiger partial charge >= 0.3 is 0 Å². The summed E-state index contributed by atoms with van der Waals surface area (Å²) in [7, 11) is 1.71. The fourth-order valence-corrected chi connectivity index (χ4v) is 1.70. The molecule has 1 heterocycles. The van der Waals surface area contributed by atoms with Crippen molar-refractivity contribution in [2.75, 3.05) is 13.7 Å². The van der Waals surface area contributed by atoms with Crippen molar-refractivity contribution < 1.29 is 9.15 Å². The lowest BCUT2D eigenvalue weighted by atomic mass is 10.00. The summed E-state index contributed by atoms with van der Waals surface area (Å²) in [5, 5.41) is 3.55. The summed E-state index contributed by atoms with van der Waals surface area (Å²) in [6.07, 6.45) is 2.87.